The summed E-state index contributed by atoms with van der Waals surface area (Å²) in [7, 11) is 0. The fraction of sp³-hybridized carbons (Fsp3) is 0.763. The van der Waals surface area contributed by atoms with Crippen LogP contribution in [-0.4, -0.2) is 481 Å². The molecule has 3 saturated heterocycles. The maximum atomic E-state index is 14.5. The molecular weight excluding hydrogens is 1340 g/mol. The second-order valence-corrected chi connectivity index (χ2v) is 25.2. The molecule has 3 fully saturated rings. The van der Waals surface area contributed by atoms with Gasteiger partial charge in [0.1, 0.15) is 0 Å². The van der Waals surface area contributed by atoms with Crippen molar-refractivity contribution in [3.8, 4) is 0 Å². The topological polar surface area (TPSA) is 552 Å². The van der Waals surface area contributed by atoms with Gasteiger partial charge < -0.3 is 83.0 Å². The lowest BCUT2D eigenvalue weighted by molar-refractivity contribution is -0.140. The third kappa shape index (κ3) is 42.1. The van der Waals surface area contributed by atoms with E-state index in [0.717, 1.165) is 0 Å². The highest BCUT2D eigenvalue weighted by atomic mass is 16.4. The average molecular weight is 1450 g/mol. The quantitative estimate of drug-likeness (QED) is 0.0254. The van der Waals surface area contributed by atoms with Crippen LogP contribution in [0.15, 0.2) is 0 Å². The minimum Gasteiger partial charge on any atom is -0.480 e. The Bertz CT molecular complexity index is 2370. The van der Waals surface area contributed by atoms with Crippen LogP contribution < -0.4 is 31.9 Å². The van der Waals surface area contributed by atoms with Gasteiger partial charge in [0.2, 0.25) is 23.6 Å². The molecular formula is C59H104N18O24. The third-order valence-electron chi connectivity index (χ3n) is 16.8. The first kappa shape index (κ1) is 87.2. The first-order valence-electron chi connectivity index (χ1n) is 33.2. The highest BCUT2D eigenvalue weighted by Crippen LogP contribution is 2.15. The number of aliphatic carboxylic acids is 10. The summed E-state index contributed by atoms with van der Waals surface area (Å²) in [6, 6.07) is 0. The van der Waals surface area contributed by atoms with Crippen LogP contribution in [0, 0.1) is 5.41 Å². The Morgan fingerprint density at radius 1 is 0.208 bits per heavy atom. The predicted molar refractivity (Wildman–Crippen MR) is 354 cm³/mol. The van der Waals surface area contributed by atoms with E-state index in [4.69, 9.17) is 5.11 Å². The molecule has 3 rings (SSSR count). The Morgan fingerprint density at radius 2 is 0.356 bits per heavy atom. The second kappa shape index (κ2) is 48.0. The molecule has 0 aromatic heterocycles. The number of carbonyl (C=O) groups is 14. The summed E-state index contributed by atoms with van der Waals surface area (Å²) in [6.45, 7) is -5.64. The van der Waals surface area contributed by atoms with Crippen LogP contribution in [0.1, 0.15) is 0 Å². The molecule has 0 aromatic carbocycles. The van der Waals surface area contributed by atoms with Crippen molar-refractivity contribution in [1.82, 2.24) is 90.7 Å². The lowest BCUT2D eigenvalue weighted by atomic mass is 9.86. The normalized spacial score (nSPS) is 18.5. The number of rotatable bonds is 39. The third-order valence-corrected chi connectivity index (χ3v) is 16.8. The molecule has 4 amide bonds. The Balaban J connectivity index is 2.14. The van der Waals surface area contributed by atoms with Crippen LogP contribution in [0.4, 0.5) is 0 Å². The zero-order valence-corrected chi connectivity index (χ0v) is 57.2. The van der Waals surface area contributed by atoms with Crippen LogP contribution >= 0.6 is 0 Å². The summed E-state index contributed by atoms with van der Waals surface area (Å²) >= 11 is 0. The number of amides is 4. The van der Waals surface area contributed by atoms with Crippen LogP contribution in [0.5, 0.6) is 0 Å². The van der Waals surface area contributed by atoms with Crippen molar-refractivity contribution in [2.24, 2.45) is 5.41 Å². The summed E-state index contributed by atoms with van der Waals surface area (Å²) in [5.41, 5.74) is -1.60. The van der Waals surface area contributed by atoms with Gasteiger partial charge >= 0.3 is 59.7 Å². The number of carboxylic acids is 10. The molecule has 0 aromatic rings. The van der Waals surface area contributed by atoms with Gasteiger partial charge in [-0.25, -0.2) is 0 Å². The first-order valence-corrected chi connectivity index (χ1v) is 33.2. The Morgan fingerprint density at radius 3 is 0.515 bits per heavy atom. The van der Waals surface area contributed by atoms with Gasteiger partial charge in [-0.2, -0.15) is 0 Å². The van der Waals surface area contributed by atoms with E-state index >= 15 is 0 Å². The summed E-state index contributed by atoms with van der Waals surface area (Å²) in [6.07, 6.45) is 0. The Hall–Kier alpha value is -7.98. The van der Waals surface area contributed by atoms with Crippen molar-refractivity contribution in [3.05, 3.63) is 0 Å². The van der Waals surface area contributed by atoms with Gasteiger partial charge in [0.05, 0.1) is 91.6 Å². The highest BCUT2D eigenvalue weighted by molar-refractivity contribution is 5.81. The molecule has 3 heterocycles. The van der Waals surface area contributed by atoms with Crippen molar-refractivity contribution in [2.45, 2.75) is 0 Å². The van der Waals surface area contributed by atoms with Gasteiger partial charge in [-0.1, -0.05) is 0 Å². The van der Waals surface area contributed by atoms with Gasteiger partial charge in [-0.15, -0.1) is 0 Å². The van der Waals surface area contributed by atoms with Crippen molar-refractivity contribution < 1.29 is 118 Å². The van der Waals surface area contributed by atoms with E-state index in [2.05, 4.69) is 31.9 Å². The van der Waals surface area contributed by atoms with Gasteiger partial charge in [0.15, 0.2) is 0 Å². The van der Waals surface area contributed by atoms with Crippen molar-refractivity contribution in [3.63, 3.8) is 0 Å². The molecule has 0 aliphatic carbocycles. The molecule has 3 aliphatic heterocycles. The number of hydrogen-bond acceptors (Lipinski definition) is 28. The van der Waals surface area contributed by atoms with Gasteiger partial charge in [-0.3, -0.25) is 126 Å². The molecule has 0 bridgehead atoms. The number of nitrogens with one attached hydrogen (secondary N) is 6. The average Bonchev–Trinajstić information content (AvgIpc) is 0.853. The number of hydrogen-bond donors (Lipinski definition) is 16. The van der Waals surface area contributed by atoms with Crippen LogP contribution in [0.25, 0.3) is 0 Å². The van der Waals surface area contributed by atoms with Crippen molar-refractivity contribution in [2.75, 3.05) is 288 Å². The molecule has 42 heteroatoms. The second-order valence-electron chi connectivity index (χ2n) is 25.2. The number of nitrogens with zero attached hydrogens (tertiary/aromatic N) is 12. The Kier molecular flexibility index (Phi) is 41.5. The van der Waals surface area contributed by atoms with E-state index in [1.165, 1.54) is 0 Å². The highest BCUT2D eigenvalue weighted by Gasteiger charge is 2.35. The van der Waals surface area contributed by atoms with Gasteiger partial charge in [0.25, 0.3) is 0 Å². The van der Waals surface area contributed by atoms with E-state index in [1.807, 2.05) is 0 Å². The summed E-state index contributed by atoms with van der Waals surface area (Å²) in [5.74, 6) is -14.3. The minimum absolute atomic E-state index is 0.0380. The zero-order chi connectivity index (χ0) is 74.9. The van der Waals surface area contributed by atoms with Crippen molar-refractivity contribution in [1.29, 1.82) is 0 Å². The SMILES string of the molecule is O=C(O)CNCCNCC(=O)NCC(CNC(=O)CN1CCN(CC(=O)O)CCN(CC(=O)O)CCN(CC(=O)O)CC1)(CNC(=O)CN1CCN(CC(=O)O)CCN(CC(=O)O)CCN(CC(=O)O)CC1)CNC(=O)CN1CCN(CC(=O)O)CCN(CC(=O)O)CCN(CC(=O)O)CC1. The lowest BCUT2D eigenvalue weighted by Crippen LogP contribution is -2.59. The van der Waals surface area contributed by atoms with Crippen LogP contribution in [0.2, 0.25) is 0 Å². The summed E-state index contributed by atoms with van der Waals surface area (Å²) in [5, 5.41) is 114. The summed E-state index contributed by atoms with van der Waals surface area (Å²) in [4.78, 5) is 195. The van der Waals surface area contributed by atoms with E-state index < -0.39 is 193 Å². The molecule has 0 atom stereocenters. The molecule has 0 unspecified atom stereocenters. The smallest absolute Gasteiger partial charge is 0.317 e. The van der Waals surface area contributed by atoms with Crippen LogP contribution in [-0.2, 0) is 67.1 Å². The van der Waals surface area contributed by atoms with Gasteiger partial charge in [-0.05, 0) is 0 Å². The van der Waals surface area contributed by atoms with E-state index in [-0.39, 0.29) is 183 Å². The van der Waals surface area contributed by atoms with E-state index in [1.54, 1.807) is 58.8 Å². The van der Waals surface area contributed by atoms with Crippen molar-refractivity contribution >= 4 is 83.3 Å². The monoisotopic (exact) mass is 1450 g/mol. The molecule has 574 valence electrons. The fourth-order valence-electron chi connectivity index (χ4n) is 11.3. The van der Waals surface area contributed by atoms with Gasteiger partial charge in [0, 0.05) is 202 Å². The maximum absolute atomic E-state index is 14.5. The molecule has 0 radical (unpaired) electrons. The van der Waals surface area contributed by atoms with E-state index in [0.29, 0.717) is 0 Å². The molecule has 16 N–H and O–H groups in total. The number of carboxylic acid groups (broad SMARTS) is 10. The van der Waals surface area contributed by atoms with Crippen LogP contribution in [0.3, 0.4) is 0 Å². The standard InChI is InChI=1S/C59H104N18O24/c78-45(27-60-1-2-61-28-49(82)83)62-41-59(42-63-46(79)29-66-3-9-69(32-50(84)85)15-21-75(38-56(96)97)22-16-70(10-4-66)33-51(86)87,43-64-47(80)30-67-5-11-71(34-52(88)89)17-23-76(39-57(98)99)24-18-72(12-6-67)35-53(90)91)44-65-48(81)31-68-7-13-73(36-54(92)93)19-25-77(40-58(100)101)26-20-74(14-8-68)37-55(94)95/h60-61H,1-44H2,(H,62,78)(H,63,79)(H,64,80)(H,65,81)(H,82,83)(H,84,85)(H,86,87)(H,88,89)(H,90,91)(H,92,93)(H,94,95)(H,96,97)(H,98,99)(H,100,101). The molecule has 101 heavy (non-hydrogen) atoms. The first-order chi connectivity index (χ1) is 47.8. The molecule has 3 aliphatic rings. The molecule has 0 spiro atoms. The van der Waals surface area contributed by atoms with E-state index in [9.17, 15) is 113 Å². The minimum atomic E-state index is -1.60. The predicted octanol–water partition coefficient (Wildman–Crippen LogP) is -10.9. The largest absolute Gasteiger partial charge is 0.480 e. The molecule has 42 nitrogen and oxygen atoms in total. The number of carbonyl (C=O) groups excluding carboxylic acids is 4. The maximum Gasteiger partial charge on any atom is 0.317 e. The lowest BCUT2D eigenvalue weighted by Gasteiger charge is -2.36. The zero-order valence-electron chi connectivity index (χ0n) is 57.2. The summed E-state index contributed by atoms with van der Waals surface area (Å²) < 4.78 is 0. The fourth-order valence-corrected chi connectivity index (χ4v) is 11.3. The molecule has 0 saturated carbocycles. The Labute approximate surface area is 584 Å².